The Balaban J connectivity index is 1.78. The van der Waals surface area contributed by atoms with Crippen molar-refractivity contribution in [1.82, 2.24) is 4.98 Å². The van der Waals surface area contributed by atoms with Gasteiger partial charge in [0.1, 0.15) is 22.2 Å². The molecule has 37 heavy (non-hydrogen) atoms. The molecule has 0 spiro atoms. The van der Waals surface area contributed by atoms with Crippen molar-refractivity contribution in [2.75, 3.05) is 18.0 Å². The van der Waals surface area contributed by atoms with E-state index in [-0.39, 0.29) is 10.8 Å². The summed E-state index contributed by atoms with van der Waals surface area (Å²) in [6, 6.07) is 12.5. The molecule has 0 fully saturated rings. The number of benzene rings is 2. The van der Waals surface area contributed by atoms with Gasteiger partial charge in [-0.05, 0) is 67.7 Å². The first kappa shape index (κ1) is 24.2. The van der Waals surface area contributed by atoms with E-state index < -0.39 is 5.63 Å². The predicted octanol–water partition coefficient (Wildman–Crippen LogP) is 7.67. The fourth-order valence-electron chi connectivity index (χ4n) is 7.08. The lowest BCUT2D eigenvalue weighted by Crippen LogP contribution is -2.47. The molecule has 0 saturated carbocycles. The number of thiazole rings is 1. The maximum Gasteiger partial charge on any atom is 0.348 e. The lowest BCUT2D eigenvalue weighted by molar-refractivity contribution is 0.312. The molecular formula is C31H33N3O2S. The first-order chi connectivity index (χ1) is 18.0. The van der Waals surface area contributed by atoms with Crippen LogP contribution in [0.5, 0.6) is 0 Å². The summed E-state index contributed by atoms with van der Waals surface area (Å²) in [5.41, 5.74) is 5.41. The van der Waals surface area contributed by atoms with Crippen LogP contribution in [0.15, 0.2) is 39.5 Å². The van der Waals surface area contributed by atoms with E-state index in [0.29, 0.717) is 21.7 Å². The average Bonchev–Trinajstić information content (AvgIpc) is 3.37. The quantitative estimate of drug-likeness (QED) is 0.257. The predicted molar refractivity (Wildman–Crippen MR) is 152 cm³/mol. The Labute approximate surface area is 221 Å². The number of nitrogens with zero attached hydrogens (tertiary/aromatic N) is 3. The summed E-state index contributed by atoms with van der Waals surface area (Å²) in [5, 5.41) is 11.9. The molecule has 2 aliphatic rings. The number of rotatable bonds is 5. The molecule has 0 atom stereocenters. The molecule has 2 aromatic carbocycles. The number of hydrogen-bond donors (Lipinski definition) is 0. The Morgan fingerprint density at radius 1 is 1.05 bits per heavy atom. The molecule has 6 rings (SSSR count). The minimum absolute atomic E-state index is 0.0538. The number of aromatic nitrogens is 1. The Hall–Kier alpha value is -3.17. The molecular weight excluding hydrogens is 478 g/mol. The highest BCUT2D eigenvalue weighted by atomic mass is 32.1. The highest BCUT2D eigenvalue weighted by molar-refractivity contribution is 7.21. The topological polar surface area (TPSA) is 70.1 Å². The molecule has 0 radical (unpaired) electrons. The highest BCUT2D eigenvalue weighted by Crippen LogP contribution is 2.56. The van der Waals surface area contributed by atoms with E-state index in [1.54, 1.807) is 0 Å². The molecule has 2 aliphatic heterocycles. The van der Waals surface area contributed by atoms with Crippen LogP contribution in [0.3, 0.4) is 0 Å². The summed E-state index contributed by atoms with van der Waals surface area (Å²) in [4.78, 5) is 20.9. The molecule has 4 aromatic rings. The molecule has 4 heterocycles. The van der Waals surface area contributed by atoms with Crippen molar-refractivity contribution in [3.05, 3.63) is 57.4 Å². The molecule has 5 nitrogen and oxygen atoms in total. The van der Waals surface area contributed by atoms with Gasteiger partial charge < -0.3 is 9.32 Å². The fourth-order valence-corrected chi connectivity index (χ4v) is 8.08. The van der Waals surface area contributed by atoms with Crippen LogP contribution < -0.4 is 10.5 Å². The second kappa shape index (κ2) is 8.70. The zero-order valence-electron chi connectivity index (χ0n) is 22.1. The smallest absolute Gasteiger partial charge is 0.348 e. The van der Waals surface area contributed by atoms with Crippen molar-refractivity contribution in [2.45, 2.75) is 77.0 Å². The van der Waals surface area contributed by atoms with Crippen LogP contribution in [0, 0.1) is 11.3 Å². The summed E-state index contributed by atoms with van der Waals surface area (Å²) < 4.78 is 7.27. The van der Waals surface area contributed by atoms with Crippen molar-refractivity contribution < 1.29 is 4.42 Å². The largest absolute Gasteiger partial charge is 0.422 e. The van der Waals surface area contributed by atoms with Gasteiger partial charge in [0.2, 0.25) is 0 Å². The molecule has 6 heteroatoms. The zero-order valence-corrected chi connectivity index (χ0v) is 22.9. The van der Waals surface area contributed by atoms with Crippen molar-refractivity contribution in [3.8, 4) is 16.6 Å². The summed E-state index contributed by atoms with van der Waals surface area (Å²) in [6.07, 6.45) is 6.17. The third-order valence-corrected chi connectivity index (χ3v) is 10.7. The number of hydrogen-bond acceptors (Lipinski definition) is 6. The summed E-state index contributed by atoms with van der Waals surface area (Å²) in [7, 11) is 0. The third-order valence-electron chi connectivity index (χ3n) is 9.64. The first-order valence-electron chi connectivity index (χ1n) is 13.7. The fraction of sp³-hybridized carbons (Fsp3) is 0.452. The van der Waals surface area contributed by atoms with E-state index >= 15 is 0 Å². The van der Waals surface area contributed by atoms with Crippen LogP contribution in [0.2, 0.25) is 0 Å². The molecule has 0 aliphatic carbocycles. The van der Waals surface area contributed by atoms with E-state index in [2.05, 4.69) is 44.7 Å². The summed E-state index contributed by atoms with van der Waals surface area (Å²) >= 11 is 1.44. The van der Waals surface area contributed by atoms with E-state index in [1.807, 2.05) is 24.3 Å². The Bertz CT molecular complexity index is 1600. The van der Waals surface area contributed by atoms with Crippen molar-refractivity contribution in [2.24, 2.45) is 0 Å². The van der Waals surface area contributed by atoms with Gasteiger partial charge >= 0.3 is 5.63 Å². The molecule has 0 bridgehead atoms. The van der Waals surface area contributed by atoms with Gasteiger partial charge in [0, 0.05) is 35.1 Å². The molecule has 0 amide bonds. The van der Waals surface area contributed by atoms with Gasteiger partial charge in [0.05, 0.1) is 15.8 Å². The van der Waals surface area contributed by atoms with E-state index in [1.165, 1.54) is 22.6 Å². The Morgan fingerprint density at radius 3 is 2.38 bits per heavy atom. The van der Waals surface area contributed by atoms with Gasteiger partial charge in [0.15, 0.2) is 0 Å². The van der Waals surface area contributed by atoms with Crippen LogP contribution in [0.1, 0.15) is 82.9 Å². The van der Waals surface area contributed by atoms with Gasteiger partial charge in [-0.3, -0.25) is 0 Å². The van der Waals surface area contributed by atoms with Crippen molar-refractivity contribution in [1.29, 1.82) is 5.26 Å². The van der Waals surface area contributed by atoms with E-state index in [0.717, 1.165) is 72.8 Å². The second-order valence-corrected chi connectivity index (χ2v) is 11.8. The number of nitriles is 1. The standard InChI is InChI=1S/C31H33N3O2S/c1-5-30(6-2)13-15-34-16-14-31(7-3,8-4)25-26(34)21(30)17-19-20(18-32)24(29(35)36-27(19)25)28-33-22-11-9-10-12-23(22)37-28/h9-12,17H,5-8,13-16H2,1-4H3. The minimum atomic E-state index is -0.467. The van der Waals surface area contributed by atoms with E-state index in [4.69, 9.17) is 9.40 Å². The number of para-hydroxylation sites is 1. The van der Waals surface area contributed by atoms with Crippen LogP contribution >= 0.6 is 11.3 Å². The van der Waals surface area contributed by atoms with Crippen LogP contribution in [0.4, 0.5) is 5.69 Å². The SMILES string of the molecule is CCC1(CC)CCN2CCC(CC)(CC)c3c2c1cc1c(C#N)c(-c2nc4ccccc4s2)c(=O)oc31. The van der Waals surface area contributed by atoms with Gasteiger partial charge in [-0.25, -0.2) is 9.78 Å². The lowest BCUT2D eigenvalue weighted by Gasteiger charge is -2.51. The Kier molecular flexibility index (Phi) is 5.69. The number of fused-ring (bicyclic) bond motifs is 3. The molecule has 0 unspecified atom stereocenters. The highest BCUT2D eigenvalue weighted by Gasteiger charge is 2.46. The summed E-state index contributed by atoms with van der Waals surface area (Å²) in [6.45, 7) is 11.1. The second-order valence-electron chi connectivity index (χ2n) is 10.7. The summed E-state index contributed by atoms with van der Waals surface area (Å²) in [5.74, 6) is 0. The van der Waals surface area contributed by atoms with Crippen LogP contribution in [-0.2, 0) is 10.8 Å². The van der Waals surface area contributed by atoms with E-state index in [9.17, 15) is 10.1 Å². The maximum absolute atomic E-state index is 13.7. The molecule has 2 aromatic heterocycles. The average molecular weight is 512 g/mol. The first-order valence-corrected chi connectivity index (χ1v) is 14.5. The number of anilines is 1. The Morgan fingerprint density at radius 2 is 1.73 bits per heavy atom. The van der Waals surface area contributed by atoms with Gasteiger partial charge in [-0.15, -0.1) is 11.3 Å². The lowest BCUT2D eigenvalue weighted by atomic mass is 9.63. The van der Waals surface area contributed by atoms with Gasteiger partial charge in [-0.1, -0.05) is 39.8 Å². The van der Waals surface area contributed by atoms with Crippen molar-refractivity contribution in [3.63, 3.8) is 0 Å². The molecule has 0 N–H and O–H groups in total. The normalized spacial score (nSPS) is 17.6. The molecule has 0 saturated heterocycles. The monoisotopic (exact) mass is 511 g/mol. The van der Waals surface area contributed by atoms with Gasteiger partial charge in [-0.2, -0.15) is 5.26 Å². The zero-order chi connectivity index (χ0) is 25.9. The van der Waals surface area contributed by atoms with Crippen molar-refractivity contribution >= 4 is 38.2 Å². The minimum Gasteiger partial charge on any atom is -0.422 e. The third kappa shape index (κ3) is 3.26. The van der Waals surface area contributed by atoms with Gasteiger partial charge in [0.25, 0.3) is 0 Å². The molecule has 190 valence electrons. The van der Waals surface area contributed by atoms with Crippen LogP contribution in [-0.4, -0.2) is 18.1 Å². The van der Waals surface area contributed by atoms with Crippen LogP contribution in [0.25, 0.3) is 31.8 Å². The maximum atomic E-state index is 13.7.